The van der Waals surface area contributed by atoms with Gasteiger partial charge in [-0.25, -0.2) is 8.42 Å². The lowest BCUT2D eigenvalue weighted by molar-refractivity contribution is -0.0470. The van der Waals surface area contributed by atoms with Crippen LogP contribution in [0.15, 0.2) is 0 Å². The van der Waals surface area contributed by atoms with Gasteiger partial charge in [0.2, 0.25) is 0 Å². The van der Waals surface area contributed by atoms with E-state index in [1.807, 2.05) is 0 Å². The first kappa shape index (κ1) is 9.70. The van der Waals surface area contributed by atoms with Crippen LogP contribution in [-0.2, 0) is 9.84 Å². The van der Waals surface area contributed by atoms with Gasteiger partial charge in [0.15, 0.2) is 5.44 Å². The van der Waals surface area contributed by atoms with Crippen LogP contribution >= 0.6 is 0 Å². The SMILES string of the molecule is CC(O)S(=O)(=O)C(F)(F)F. The topological polar surface area (TPSA) is 54.4 Å². The molecule has 0 saturated heterocycles. The number of sulfone groups is 1. The summed E-state index contributed by atoms with van der Waals surface area (Å²) in [5.74, 6) is 0. The summed E-state index contributed by atoms with van der Waals surface area (Å²) < 4.78 is 54.0. The van der Waals surface area contributed by atoms with E-state index < -0.39 is 20.8 Å². The predicted octanol–water partition coefficient (Wildman–Crippen LogP) is 0.259. The van der Waals surface area contributed by atoms with Gasteiger partial charge in [-0.15, -0.1) is 0 Å². The Kier molecular flexibility index (Phi) is 2.32. The normalized spacial score (nSPS) is 16.9. The number of aliphatic hydroxyl groups excluding tert-OH is 1. The molecule has 0 aromatic rings. The maximum atomic E-state index is 11.3. The molecule has 0 bridgehead atoms. The molecule has 0 amide bonds. The first-order valence-corrected chi connectivity index (χ1v) is 3.72. The Bertz CT molecular complexity index is 202. The van der Waals surface area contributed by atoms with Gasteiger partial charge in [-0.2, -0.15) is 13.2 Å². The maximum absolute atomic E-state index is 11.3. The van der Waals surface area contributed by atoms with Crippen molar-refractivity contribution in [2.45, 2.75) is 17.9 Å². The summed E-state index contributed by atoms with van der Waals surface area (Å²) >= 11 is 0. The molecular formula is C3H5F3O3S. The number of halogens is 3. The maximum Gasteiger partial charge on any atom is 0.499 e. The van der Waals surface area contributed by atoms with Crippen molar-refractivity contribution in [2.24, 2.45) is 0 Å². The molecule has 1 N–H and O–H groups in total. The van der Waals surface area contributed by atoms with Gasteiger partial charge in [0, 0.05) is 0 Å². The number of alkyl halides is 3. The van der Waals surface area contributed by atoms with Crippen LogP contribution in [0.3, 0.4) is 0 Å². The van der Waals surface area contributed by atoms with Gasteiger partial charge >= 0.3 is 5.51 Å². The predicted molar refractivity (Wildman–Crippen MR) is 26.7 cm³/mol. The van der Waals surface area contributed by atoms with E-state index in [2.05, 4.69) is 0 Å². The molecule has 7 heteroatoms. The molecule has 0 aliphatic heterocycles. The molecule has 0 aliphatic carbocycles. The van der Waals surface area contributed by atoms with Gasteiger partial charge in [-0.3, -0.25) is 0 Å². The number of rotatable bonds is 1. The summed E-state index contributed by atoms with van der Waals surface area (Å²) in [6.07, 6.45) is 0. The average Bonchev–Trinajstić information content (AvgIpc) is 1.62. The third-order valence-corrected chi connectivity index (χ3v) is 2.32. The first-order valence-electron chi connectivity index (χ1n) is 2.18. The van der Waals surface area contributed by atoms with Crippen molar-refractivity contribution in [1.82, 2.24) is 0 Å². The zero-order valence-electron chi connectivity index (χ0n) is 4.88. The Morgan fingerprint density at radius 1 is 1.40 bits per heavy atom. The molecule has 0 aromatic heterocycles. The van der Waals surface area contributed by atoms with Crippen LogP contribution in [-0.4, -0.2) is 24.5 Å². The monoisotopic (exact) mass is 178 g/mol. The number of hydrogen-bond donors (Lipinski definition) is 1. The molecule has 10 heavy (non-hydrogen) atoms. The molecule has 0 saturated carbocycles. The lowest BCUT2D eigenvalue weighted by Gasteiger charge is -2.08. The van der Waals surface area contributed by atoms with E-state index >= 15 is 0 Å². The van der Waals surface area contributed by atoms with Crippen LogP contribution < -0.4 is 0 Å². The smallest absolute Gasteiger partial charge is 0.377 e. The highest BCUT2D eigenvalue weighted by atomic mass is 32.2. The largest absolute Gasteiger partial charge is 0.499 e. The van der Waals surface area contributed by atoms with Crippen LogP contribution in [0.4, 0.5) is 13.2 Å². The molecule has 1 atom stereocenters. The molecule has 0 radical (unpaired) electrons. The second-order valence-electron chi connectivity index (χ2n) is 1.59. The summed E-state index contributed by atoms with van der Waals surface area (Å²) in [5, 5.41) is 8.11. The van der Waals surface area contributed by atoms with E-state index in [0.717, 1.165) is 0 Å². The average molecular weight is 178 g/mol. The number of hydrogen-bond acceptors (Lipinski definition) is 3. The first-order chi connectivity index (χ1) is 4.19. The fraction of sp³-hybridized carbons (Fsp3) is 1.00. The van der Waals surface area contributed by atoms with Crippen molar-refractivity contribution >= 4 is 9.84 Å². The molecule has 0 spiro atoms. The van der Waals surface area contributed by atoms with Gasteiger partial charge in [0.05, 0.1) is 0 Å². The third kappa shape index (κ3) is 1.60. The summed E-state index contributed by atoms with van der Waals surface area (Å²) in [5.41, 5.74) is -7.76. The second kappa shape index (κ2) is 2.39. The molecule has 0 aliphatic rings. The Balaban J connectivity index is 4.79. The Morgan fingerprint density at radius 2 is 1.70 bits per heavy atom. The minimum Gasteiger partial charge on any atom is -0.377 e. The third-order valence-electron chi connectivity index (χ3n) is 0.772. The zero-order valence-corrected chi connectivity index (χ0v) is 5.70. The minimum atomic E-state index is -5.36. The van der Waals surface area contributed by atoms with E-state index in [9.17, 15) is 21.6 Å². The lowest BCUT2D eigenvalue weighted by Crippen LogP contribution is -2.32. The molecule has 0 rings (SSSR count). The van der Waals surface area contributed by atoms with E-state index in [1.54, 1.807) is 0 Å². The lowest BCUT2D eigenvalue weighted by atomic mass is 10.9. The van der Waals surface area contributed by atoms with Crippen LogP contribution in [0, 0.1) is 0 Å². The molecule has 0 fully saturated rings. The van der Waals surface area contributed by atoms with E-state index in [4.69, 9.17) is 5.11 Å². The molecular weight excluding hydrogens is 173 g/mol. The summed E-state index contributed by atoms with van der Waals surface area (Å²) in [6.45, 7) is 0.544. The fourth-order valence-electron chi connectivity index (χ4n) is 0.193. The van der Waals surface area contributed by atoms with Crippen LogP contribution in [0.1, 0.15) is 6.92 Å². The summed E-state index contributed by atoms with van der Waals surface area (Å²) in [6, 6.07) is 0. The van der Waals surface area contributed by atoms with E-state index in [-0.39, 0.29) is 0 Å². The highest BCUT2D eigenvalue weighted by molar-refractivity contribution is 7.92. The van der Waals surface area contributed by atoms with Crippen LogP contribution in [0.25, 0.3) is 0 Å². The fourth-order valence-corrected chi connectivity index (χ4v) is 0.580. The Labute approximate surface area is 55.4 Å². The molecule has 0 heterocycles. The van der Waals surface area contributed by atoms with Crippen molar-refractivity contribution in [3.63, 3.8) is 0 Å². The Morgan fingerprint density at radius 3 is 1.70 bits per heavy atom. The van der Waals surface area contributed by atoms with Gasteiger partial charge in [0.1, 0.15) is 0 Å². The highest BCUT2D eigenvalue weighted by Crippen LogP contribution is 2.25. The van der Waals surface area contributed by atoms with Gasteiger partial charge in [-0.1, -0.05) is 0 Å². The molecule has 1 unspecified atom stereocenters. The van der Waals surface area contributed by atoms with Crippen molar-refractivity contribution in [3.8, 4) is 0 Å². The van der Waals surface area contributed by atoms with Crippen molar-refractivity contribution < 1.29 is 26.7 Å². The van der Waals surface area contributed by atoms with Crippen LogP contribution in [0.2, 0.25) is 0 Å². The van der Waals surface area contributed by atoms with Crippen LogP contribution in [0.5, 0.6) is 0 Å². The summed E-state index contributed by atoms with van der Waals surface area (Å²) in [4.78, 5) is 0. The van der Waals surface area contributed by atoms with E-state index in [1.165, 1.54) is 0 Å². The Hall–Kier alpha value is -0.300. The second-order valence-corrected chi connectivity index (χ2v) is 3.83. The minimum absolute atomic E-state index is 0.544. The van der Waals surface area contributed by atoms with E-state index in [0.29, 0.717) is 6.92 Å². The quantitative estimate of drug-likeness (QED) is 0.626. The van der Waals surface area contributed by atoms with Gasteiger partial charge < -0.3 is 5.11 Å². The van der Waals surface area contributed by atoms with Crippen molar-refractivity contribution in [1.29, 1.82) is 0 Å². The van der Waals surface area contributed by atoms with Gasteiger partial charge in [0.25, 0.3) is 9.84 Å². The zero-order chi connectivity index (χ0) is 8.58. The van der Waals surface area contributed by atoms with Crippen molar-refractivity contribution in [3.05, 3.63) is 0 Å². The van der Waals surface area contributed by atoms with Gasteiger partial charge in [-0.05, 0) is 6.92 Å². The molecule has 3 nitrogen and oxygen atoms in total. The van der Waals surface area contributed by atoms with Crippen molar-refractivity contribution in [2.75, 3.05) is 0 Å². The standard InChI is InChI=1S/C3H5F3O3S/c1-2(7)10(8,9)3(4,5)6/h2,7H,1H3. The number of aliphatic hydroxyl groups is 1. The molecule has 62 valence electrons. The molecule has 0 aromatic carbocycles. The summed E-state index contributed by atoms with van der Waals surface area (Å²) in [7, 11) is -5.36. The highest BCUT2D eigenvalue weighted by Gasteiger charge is 2.48.